The van der Waals surface area contributed by atoms with E-state index < -0.39 is 12.7 Å². The van der Waals surface area contributed by atoms with Crippen molar-refractivity contribution in [2.45, 2.75) is 19.3 Å². The maximum absolute atomic E-state index is 12.4. The Morgan fingerprint density at radius 3 is 2.52 bits per heavy atom. The van der Waals surface area contributed by atoms with Gasteiger partial charge in [0.15, 0.2) is 0 Å². The fourth-order valence-corrected chi connectivity index (χ4v) is 2.36. The summed E-state index contributed by atoms with van der Waals surface area (Å²) < 4.78 is 43.9. The SMILES string of the molecule is Nc1ccc(-c2cnn(CC(F)(F)F)c2)cc1OCc1ccccc1. The normalized spacial score (nSPS) is 11.5. The number of halogens is 3. The second-order valence-corrected chi connectivity index (χ2v) is 5.57. The van der Waals surface area contributed by atoms with Crippen molar-refractivity contribution in [3.05, 3.63) is 66.5 Å². The molecule has 7 heteroatoms. The lowest BCUT2D eigenvalue weighted by Gasteiger charge is -2.10. The second kappa shape index (κ2) is 6.88. The zero-order valence-electron chi connectivity index (χ0n) is 13.2. The third-order valence-corrected chi connectivity index (χ3v) is 3.56. The summed E-state index contributed by atoms with van der Waals surface area (Å²) in [5, 5.41) is 3.75. The molecule has 3 rings (SSSR count). The van der Waals surface area contributed by atoms with Crippen LogP contribution in [0.1, 0.15) is 5.56 Å². The summed E-state index contributed by atoms with van der Waals surface area (Å²) in [6, 6.07) is 14.7. The van der Waals surface area contributed by atoms with Crippen molar-refractivity contribution in [3.63, 3.8) is 0 Å². The molecule has 0 spiro atoms. The van der Waals surface area contributed by atoms with Crippen LogP contribution < -0.4 is 10.5 Å². The van der Waals surface area contributed by atoms with Gasteiger partial charge in [-0.2, -0.15) is 18.3 Å². The standard InChI is InChI=1S/C18H16F3N3O/c19-18(20,21)12-24-10-15(9-23-24)14-6-7-16(22)17(8-14)25-11-13-4-2-1-3-5-13/h1-10H,11-12,22H2. The van der Waals surface area contributed by atoms with Gasteiger partial charge in [0.2, 0.25) is 0 Å². The van der Waals surface area contributed by atoms with E-state index in [9.17, 15) is 13.2 Å². The van der Waals surface area contributed by atoms with Crippen molar-refractivity contribution in [2.75, 3.05) is 5.73 Å². The van der Waals surface area contributed by atoms with Crippen molar-refractivity contribution < 1.29 is 17.9 Å². The number of aromatic nitrogens is 2. The van der Waals surface area contributed by atoms with Crippen LogP contribution in [0.2, 0.25) is 0 Å². The molecule has 0 saturated carbocycles. The zero-order chi connectivity index (χ0) is 17.9. The van der Waals surface area contributed by atoms with Crippen LogP contribution in [-0.4, -0.2) is 16.0 Å². The molecule has 0 bridgehead atoms. The third-order valence-electron chi connectivity index (χ3n) is 3.56. The van der Waals surface area contributed by atoms with Crippen molar-refractivity contribution in [1.82, 2.24) is 9.78 Å². The highest BCUT2D eigenvalue weighted by atomic mass is 19.4. The van der Waals surface area contributed by atoms with E-state index in [1.54, 1.807) is 18.2 Å². The van der Waals surface area contributed by atoms with Gasteiger partial charge in [-0.25, -0.2) is 0 Å². The number of anilines is 1. The van der Waals surface area contributed by atoms with Crippen LogP contribution in [-0.2, 0) is 13.2 Å². The van der Waals surface area contributed by atoms with Crippen LogP contribution >= 0.6 is 0 Å². The molecule has 0 atom stereocenters. The van der Waals surface area contributed by atoms with Crippen molar-refractivity contribution in [1.29, 1.82) is 0 Å². The summed E-state index contributed by atoms with van der Waals surface area (Å²) in [6.45, 7) is -0.777. The molecule has 0 unspecified atom stereocenters. The van der Waals surface area contributed by atoms with Crippen LogP contribution in [0, 0.1) is 0 Å². The third kappa shape index (κ3) is 4.53. The van der Waals surface area contributed by atoms with Gasteiger partial charge in [0.1, 0.15) is 18.9 Å². The molecule has 0 amide bonds. The van der Waals surface area contributed by atoms with Gasteiger partial charge in [-0.1, -0.05) is 36.4 Å². The topological polar surface area (TPSA) is 53.1 Å². The summed E-state index contributed by atoms with van der Waals surface area (Å²) >= 11 is 0. The quantitative estimate of drug-likeness (QED) is 0.701. The van der Waals surface area contributed by atoms with E-state index in [0.717, 1.165) is 10.2 Å². The van der Waals surface area contributed by atoms with Crippen LogP contribution in [0.15, 0.2) is 60.9 Å². The van der Waals surface area contributed by atoms with E-state index in [1.807, 2.05) is 30.3 Å². The summed E-state index contributed by atoms with van der Waals surface area (Å²) in [7, 11) is 0. The number of hydrogen-bond acceptors (Lipinski definition) is 3. The van der Waals surface area contributed by atoms with Crippen molar-refractivity contribution in [2.24, 2.45) is 0 Å². The minimum atomic E-state index is -4.31. The molecular formula is C18H16F3N3O. The second-order valence-electron chi connectivity index (χ2n) is 5.57. The molecule has 1 heterocycles. The van der Waals surface area contributed by atoms with Gasteiger partial charge in [-0.05, 0) is 23.3 Å². The maximum atomic E-state index is 12.4. The fourth-order valence-electron chi connectivity index (χ4n) is 2.36. The predicted octanol–water partition coefficient (Wildman–Crippen LogP) is 4.27. The minimum Gasteiger partial charge on any atom is -0.487 e. The Labute approximate surface area is 142 Å². The smallest absolute Gasteiger partial charge is 0.408 e. The lowest BCUT2D eigenvalue weighted by Crippen LogP contribution is -2.17. The van der Waals surface area contributed by atoms with Gasteiger partial charge in [-0.15, -0.1) is 0 Å². The van der Waals surface area contributed by atoms with Gasteiger partial charge >= 0.3 is 6.18 Å². The minimum absolute atomic E-state index is 0.349. The van der Waals surface area contributed by atoms with Gasteiger partial charge in [-0.3, -0.25) is 4.68 Å². The molecule has 0 aliphatic heterocycles. The molecule has 2 N–H and O–H groups in total. The molecule has 25 heavy (non-hydrogen) atoms. The number of nitrogens with two attached hydrogens (primary N) is 1. The first kappa shape index (κ1) is 16.9. The summed E-state index contributed by atoms with van der Waals surface area (Å²) in [6.07, 6.45) is -1.58. The Hall–Kier alpha value is -2.96. The highest BCUT2D eigenvalue weighted by Gasteiger charge is 2.28. The largest absolute Gasteiger partial charge is 0.487 e. The van der Waals surface area contributed by atoms with Crippen LogP contribution in [0.5, 0.6) is 5.75 Å². The molecule has 0 aliphatic carbocycles. The number of nitrogens with zero attached hydrogens (tertiary/aromatic N) is 2. The van der Waals surface area contributed by atoms with E-state index in [-0.39, 0.29) is 0 Å². The Morgan fingerprint density at radius 2 is 1.80 bits per heavy atom. The first-order valence-electron chi connectivity index (χ1n) is 7.56. The van der Waals surface area contributed by atoms with Crippen LogP contribution in [0.25, 0.3) is 11.1 Å². The summed E-state index contributed by atoms with van der Waals surface area (Å²) in [4.78, 5) is 0. The average Bonchev–Trinajstić information content (AvgIpc) is 3.01. The molecule has 3 aromatic rings. The molecule has 1 aromatic heterocycles. The van der Waals surface area contributed by atoms with E-state index in [2.05, 4.69) is 5.10 Å². The van der Waals surface area contributed by atoms with Crippen molar-refractivity contribution >= 4 is 5.69 Å². The molecule has 0 saturated heterocycles. The Bertz CT molecular complexity index is 844. The number of alkyl halides is 3. The van der Waals surface area contributed by atoms with Gasteiger partial charge < -0.3 is 10.5 Å². The maximum Gasteiger partial charge on any atom is 0.408 e. The van der Waals surface area contributed by atoms with E-state index >= 15 is 0 Å². The lowest BCUT2D eigenvalue weighted by molar-refractivity contribution is -0.142. The number of nitrogen functional groups attached to an aromatic ring is 1. The molecular weight excluding hydrogens is 331 g/mol. The van der Waals surface area contributed by atoms with Gasteiger partial charge in [0.05, 0.1) is 11.9 Å². The highest BCUT2D eigenvalue weighted by molar-refractivity contribution is 5.68. The monoisotopic (exact) mass is 347 g/mol. The molecule has 130 valence electrons. The molecule has 0 aliphatic rings. The fraction of sp³-hybridized carbons (Fsp3) is 0.167. The highest BCUT2D eigenvalue weighted by Crippen LogP contribution is 2.30. The Morgan fingerprint density at radius 1 is 1.04 bits per heavy atom. The number of benzene rings is 2. The summed E-state index contributed by atoms with van der Waals surface area (Å²) in [5.74, 6) is 0.477. The Balaban J connectivity index is 1.77. The van der Waals surface area contributed by atoms with E-state index in [0.29, 0.717) is 29.2 Å². The van der Waals surface area contributed by atoms with Gasteiger partial charge in [0, 0.05) is 11.8 Å². The van der Waals surface area contributed by atoms with Crippen molar-refractivity contribution in [3.8, 4) is 16.9 Å². The number of hydrogen-bond donors (Lipinski definition) is 1. The van der Waals surface area contributed by atoms with E-state index in [1.165, 1.54) is 12.4 Å². The molecule has 2 aromatic carbocycles. The lowest BCUT2D eigenvalue weighted by atomic mass is 10.1. The first-order chi connectivity index (χ1) is 11.9. The number of ether oxygens (including phenoxy) is 1. The van der Waals surface area contributed by atoms with Crippen LogP contribution in [0.3, 0.4) is 0 Å². The van der Waals surface area contributed by atoms with Gasteiger partial charge in [0.25, 0.3) is 0 Å². The zero-order valence-corrected chi connectivity index (χ0v) is 13.2. The first-order valence-corrected chi connectivity index (χ1v) is 7.56. The molecule has 4 nitrogen and oxygen atoms in total. The molecule has 0 radical (unpaired) electrons. The molecule has 0 fully saturated rings. The Kier molecular flexibility index (Phi) is 4.65. The van der Waals surface area contributed by atoms with Crippen LogP contribution in [0.4, 0.5) is 18.9 Å². The summed E-state index contributed by atoms with van der Waals surface area (Å²) in [5.41, 5.74) is 8.63. The predicted molar refractivity (Wildman–Crippen MR) is 88.9 cm³/mol. The number of rotatable bonds is 5. The van der Waals surface area contributed by atoms with E-state index in [4.69, 9.17) is 10.5 Å². The average molecular weight is 347 g/mol.